The Balaban J connectivity index is 2.96. The smallest absolute Gasteiger partial charge is 0.398 e. The molecule has 0 saturated carbocycles. The van der Waals surface area contributed by atoms with Gasteiger partial charge in [-0.05, 0) is 6.07 Å². The van der Waals surface area contributed by atoms with Crippen molar-refractivity contribution in [3.8, 4) is 0 Å². The number of hydrogen-bond acceptors (Lipinski definition) is 3. The molecule has 0 bridgehead atoms. The summed E-state index contributed by atoms with van der Waals surface area (Å²) in [6, 6.07) is 1.25. The van der Waals surface area contributed by atoms with Crippen LogP contribution in [0.4, 0.5) is 18.9 Å². The molecule has 0 unspecified atom stereocenters. The lowest BCUT2D eigenvalue weighted by atomic mass is 10.3. The van der Waals surface area contributed by atoms with Gasteiger partial charge in [-0.3, -0.25) is 0 Å². The molecule has 1 aromatic rings. The first-order valence-electron chi connectivity index (χ1n) is 3.51. The van der Waals surface area contributed by atoms with Gasteiger partial charge in [-0.15, -0.1) is 11.3 Å². The van der Waals surface area contributed by atoms with E-state index in [1.807, 2.05) is 0 Å². The SMILES string of the molecule is Nc1cc(CCO)sc1C(F)(F)F. The van der Waals surface area contributed by atoms with Gasteiger partial charge in [0.25, 0.3) is 0 Å². The average molecular weight is 211 g/mol. The zero-order valence-corrected chi connectivity index (χ0v) is 7.37. The molecule has 1 aromatic heterocycles. The number of aliphatic hydroxyl groups is 1. The number of nitrogen functional groups attached to an aromatic ring is 1. The first-order chi connectivity index (χ1) is 5.95. The lowest BCUT2D eigenvalue weighted by Crippen LogP contribution is -2.04. The summed E-state index contributed by atoms with van der Waals surface area (Å²) in [6.07, 6.45) is -4.17. The summed E-state index contributed by atoms with van der Waals surface area (Å²) < 4.78 is 36.5. The van der Waals surface area contributed by atoms with Crippen LogP contribution in [0, 0.1) is 0 Å². The molecular formula is C7H8F3NOS. The number of hydrogen-bond donors (Lipinski definition) is 2. The average Bonchev–Trinajstić information content (AvgIpc) is 2.30. The van der Waals surface area contributed by atoms with Gasteiger partial charge in [0.2, 0.25) is 0 Å². The number of alkyl halides is 3. The van der Waals surface area contributed by atoms with E-state index >= 15 is 0 Å². The molecule has 0 atom stereocenters. The van der Waals surface area contributed by atoms with E-state index in [4.69, 9.17) is 10.8 Å². The van der Waals surface area contributed by atoms with Crippen LogP contribution < -0.4 is 5.73 Å². The summed E-state index contributed by atoms with van der Waals surface area (Å²) in [7, 11) is 0. The fourth-order valence-corrected chi connectivity index (χ4v) is 1.85. The van der Waals surface area contributed by atoms with Crippen LogP contribution in [0.5, 0.6) is 0 Å². The van der Waals surface area contributed by atoms with Crippen molar-refractivity contribution in [2.45, 2.75) is 12.6 Å². The van der Waals surface area contributed by atoms with Crippen molar-refractivity contribution in [3.05, 3.63) is 15.8 Å². The van der Waals surface area contributed by atoms with Gasteiger partial charge in [0.05, 0.1) is 5.69 Å². The van der Waals surface area contributed by atoms with Gasteiger partial charge in [-0.25, -0.2) is 0 Å². The van der Waals surface area contributed by atoms with Gasteiger partial charge in [-0.2, -0.15) is 13.2 Å². The van der Waals surface area contributed by atoms with Crippen LogP contribution in [0.15, 0.2) is 6.07 Å². The summed E-state index contributed by atoms with van der Waals surface area (Å²) in [5, 5.41) is 8.51. The topological polar surface area (TPSA) is 46.2 Å². The Kier molecular flexibility index (Phi) is 2.82. The Labute approximate surface area is 76.8 Å². The molecule has 0 saturated heterocycles. The molecule has 74 valence electrons. The van der Waals surface area contributed by atoms with Crippen molar-refractivity contribution >= 4 is 17.0 Å². The van der Waals surface area contributed by atoms with Gasteiger partial charge in [0, 0.05) is 17.9 Å². The summed E-state index contributed by atoms with van der Waals surface area (Å²) in [5.41, 5.74) is 4.90. The van der Waals surface area contributed by atoms with Crippen LogP contribution in [0.3, 0.4) is 0 Å². The third kappa shape index (κ3) is 2.35. The molecule has 0 fully saturated rings. The fraction of sp³-hybridized carbons (Fsp3) is 0.429. The number of nitrogens with two attached hydrogens (primary N) is 1. The van der Waals surface area contributed by atoms with Crippen LogP contribution in [-0.4, -0.2) is 11.7 Å². The Morgan fingerprint density at radius 2 is 2.08 bits per heavy atom. The van der Waals surface area contributed by atoms with Crippen LogP contribution in [0.1, 0.15) is 9.75 Å². The maximum atomic E-state index is 12.2. The Bertz CT molecular complexity index is 294. The number of aliphatic hydroxyl groups excluding tert-OH is 1. The molecule has 13 heavy (non-hydrogen) atoms. The number of anilines is 1. The molecule has 1 rings (SSSR count). The van der Waals surface area contributed by atoms with Gasteiger partial charge >= 0.3 is 6.18 Å². The molecule has 0 aromatic carbocycles. The molecular weight excluding hydrogens is 203 g/mol. The monoisotopic (exact) mass is 211 g/mol. The van der Waals surface area contributed by atoms with Crippen molar-refractivity contribution in [2.75, 3.05) is 12.3 Å². The zero-order valence-electron chi connectivity index (χ0n) is 6.56. The van der Waals surface area contributed by atoms with E-state index in [0.29, 0.717) is 16.2 Å². The normalized spacial score (nSPS) is 12.0. The summed E-state index contributed by atoms with van der Waals surface area (Å²) in [4.78, 5) is -0.330. The van der Waals surface area contributed by atoms with E-state index in [-0.39, 0.29) is 18.7 Å². The fourth-order valence-electron chi connectivity index (χ4n) is 0.913. The molecule has 0 aliphatic rings. The van der Waals surface area contributed by atoms with Crippen LogP contribution in [-0.2, 0) is 12.6 Å². The lowest BCUT2D eigenvalue weighted by molar-refractivity contribution is -0.133. The Hall–Kier alpha value is -0.750. The number of halogens is 3. The van der Waals surface area contributed by atoms with Gasteiger partial charge in [0.1, 0.15) is 4.88 Å². The van der Waals surface area contributed by atoms with Crippen molar-refractivity contribution in [3.63, 3.8) is 0 Å². The minimum atomic E-state index is -4.39. The maximum Gasteiger partial charge on any atom is 0.427 e. The van der Waals surface area contributed by atoms with Crippen LogP contribution in [0.2, 0.25) is 0 Å². The highest BCUT2D eigenvalue weighted by atomic mass is 32.1. The lowest BCUT2D eigenvalue weighted by Gasteiger charge is -2.02. The van der Waals surface area contributed by atoms with Gasteiger partial charge < -0.3 is 10.8 Å². The highest BCUT2D eigenvalue weighted by Crippen LogP contribution is 2.39. The van der Waals surface area contributed by atoms with E-state index in [1.54, 1.807) is 0 Å². The van der Waals surface area contributed by atoms with Gasteiger partial charge in [0.15, 0.2) is 0 Å². The standard InChI is InChI=1S/C7H8F3NOS/c8-7(9,10)6-5(11)3-4(13-6)1-2-12/h3,12H,1-2,11H2. The van der Waals surface area contributed by atoms with E-state index in [2.05, 4.69) is 0 Å². The molecule has 2 nitrogen and oxygen atoms in total. The molecule has 3 N–H and O–H groups in total. The van der Waals surface area contributed by atoms with E-state index in [9.17, 15) is 13.2 Å². The molecule has 0 spiro atoms. The second kappa shape index (κ2) is 3.55. The first-order valence-corrected chi connectivity index (χ1v) is 4.33. The zero-order chi connectivity index (χ0) is 10.1. The molecule has 0 aliphatic carbocycles. The van der Waals surface area contributed by atoms with E-state index in [1.165, 1.54) is 6.07 Å². The van der Waals surface area contributed by atoms with Crippen molar-refractivity contribution in [1.29, 1.82) is 0 Å². The summed E-state index contributed by atoms with van der Waals surface area (Å²) in [5.74, 6) is 0. The van der Waals surface area contributed by atoms with Crippen LogP contribution >= 0.6 is 11.3 Å². The molecule has 1 heterocycles. The third-order valence-corrected chi connectivity index (χ3v) is 2.68. The minimum Gasteiger partial charge on any atom is -0.398 e. The largest absolute Gasteiger partial charge is 0.427 e. The van der Waals surface area contributed by atoms with Crippen molar-refractivity contribution in [2.24, 2.45) is 0 Å². The second-order valence-corrected chi connectivity index (χ2v) is 3.61. The predicted octanol–water partition coefficient (Wildman–Crippen LogP) is 1.88. The number of thiophene rings is 1. The number of rotatable bonds is 2. The van der Waals surface area contributed by atoms with E-state index < -0.39 is 11.1 Å². The van der Waals surface area contributed by atoms with Crippen molar-refractivity contribution < 1.29 is 18.3 Å². The highest BCUT2D eigenvalue weighted by molar-refractivity contribution is 7.12. The second-order valence-electron chi connectivity index (χ2n) is 2.47. The molecule has 0 aliphatic heterocycles. The Morgan fingerprint density at radius 1 is 1.46 bits per heavy atom. The summed E-state index contributed by atoms with van der Waals surface area (Å²) in [6.45, 7) is -0.169. The Morgan fingerprint density at radius 3 is 2.46 bits per heavy atom. The molecule has 0 amide bonds. The maximum absolute atomic E-state index is 12.2. The quantitative estimate of drug-likeness (QED) is 0.784. The van der Waals surface area contributed by atoms with E-state index in [0.717, 1.165) is 0 Å². The highest BCUT2D eigenvalue weighted by Gasteiger charge is 2.35. The molecule has 6 heteroatoms. The first kappa shape index (κ1) is 10.3. The van der Waals surface area contributed by atoms with Crippen LogP contribution in [0.25, 0.3) is 0 Å². The summed E-state index contributed by atoms with van der Waals surface area (Å²) >= 11 is 0.581. The van der Waals surface area contributed by atoms with Crippen molar-refractivity contribution in [1.82, 2.24) is 0 Å². The minimum absolute atomic E-state index is 0.169. The van der Waals surface area contributed by atoms with Gasteiger partial charge in [-0.1, -0.05) is 0 Å². The third-order valence-electron chi connectivity index (χ3n) is 1.43. The molecule has 0 radical (unpaired) electrons. The predicted molar refractivity (Wildman–Crippen MR) is 44.5 cm³/mol.